The van der Waals surface area contributed by atoms with Crippen molar-refractivity contribution in [2.24, 2.45) is 0 Å². The molecule has 4 nitrogen and oxygen atoms in total. The van der Waals surface area contributed by atoms with Gasteiger partial charge in [0.2, 0.25) is 0 Å². The molecular formula is C11H18O4. The first kappa shape index (κ1) is 12.0. The van der Waals surface area contributed by atoms with E-state index in [1.165, 1.54) is 0 Å². The Morgan fingerprint density at radius 3 is 3.00 bits per heavy atom. The number of carbonyl (C=O) groups excluding carboxylic acids is 1. The summed E-state index contributed by atoms with van der Waals surface area (Å²) in [6, 6.07) is 0. The van der Waals surface area contributed by atoms with E-state index >= 15 is 0 Å². The van der Waals surface area contributed by atoms with E-state index in [0.29, 0.717) is 19.4 Å². The first-order valence-electron chi connectivity index (χ1n) is 5.40. The fourth-order valence-corrected chi connectivity index (χ4v) is 1.51. The fraction of sp³-hybridized carbons (Fsp3) is 0.727. The van der Waals surface area contributed by atoms with Crippen molar-refractivity contribution in [1.29, 1.82) is 0 Å². The van der Waals surface area contributed by atoms with Gasteiger partial charge in [-0.3, -0.25) is 0 Å². The Morgan fingerprint density at radius 1 is 1.47 bits per heavy atom. The van der Waals surface area contributed by atoms with Gasteiger partial charge in [-0.25, -0.2) is 4.79 Å². The summed E-state index contributed by atoms with van der Waals surface area (Å²) in [6.45, 7) is 2.05. The SMILES string of the molecule is CCOC(=O)OC1/C=C/CCC(O)CC1. The van der Waals surface area contributed by atoms with E-state index in [1.807, 2.05) is 12.2 Å². The highest BCUT2D eigenvalue weighted by molar-refractivity contribution is 5.60. The summed E-state index contributed by atoms with van der Waals surface area (Å²) in [7, 11) is 0. The Hall–Kier alpha value is -1.03. The molecular weight excluding hydrogens is 196 g/mol. The van der Waals surface area contributed by atoms with Gasteiger partial charge < -0.3 is 14.6 Å². The molecule has 86 valence electrons. The lowest BCUT2D eigenvalue weighted by Crippen LogP contribution is -2.20. The predicted molar refractivity (Wildman–Crippen MR) is 55.5 cm³/mol. The smallest absolute Gasteiger partial charge is 0.435 e. The summed E-state index contributed by atoms with van der Waals surface area (Å²) in [5.74, 6) is 0. The molecule has 0 saturated carbocycles. The van der Waals surface area contributed by atoms with Crippen molar-refractivity contribution in [2.45, 2.75) is 44.8 Å². The van der Waals surface area contributed by atoms with Crippen LogP contribution in [0.1, 0.15) is 32.6 Å². The highest BCUT2D eigenvalue weighted by Crippen LogP contribution is 2.15. The van der Waals surface area contributed by atoms with Crippen LogP contribution >= 0.6 is 0 Å². The average Bonchev–Trinajstić information content (AvgIpc) is 2.17. The molecule has 0 spiro atoms. The van der Waals surface area contributed by atoms with Crippen LogP contribution in [-0.4, -0.2) is 30.1 Å². The van der Waals surface area contributed by atoms with E-state index in [-0.39, 0.29) is 12.2 Å². The largest absolute Gasteiger partial charge is 0.508 e. The van der Waals surface area contributed by atoms with Crippen LogP contribution in [0, 0.1) is 0 Å². The second-order valence-electron chi connectivity index (χ2n) is 3.58. The maximum Gasteiger partial charge on any atom is 0.508 e. The highest BCUT2D eigenvalue weighted by Gasteiger charge is 2.16. The molecule has 0 fully saturated rings. The molecule has 0 bridgehead atoms. The quantitative estimate of drug-likeness (QED) is 0.564. The normalized spacial score (nSPS) is 28.7. The van der Waals surface area contributed by atoms with Crippen LogP contribution in [0.4, 0.5) is 4.79 Å². The van der Waals surface area contributed by atoms with Crippen LogP contribution in [0.2, 0.25) is 0 Å². The number of hydrogen-bond donors (Lipinski definition) is 1. The maximum atomic E-state index is 11.1. The average molecular weight is 214 g/mol. The van der Waals surface area contributed by atoms with Crippen LogP contribution in [0.3, 0.4) is 0 Å². The summed E-state index contributed by atoms with van der Waals surface area (Å²) < 4.78 is 9.74. The number of ether oxygens (including phenoxy) is 2. The molecule has 0 aliphatic heterocycles. The molecule has 1 rings (SSSR count). The molecule has 2 atom stereocenters. The van der Waals surface area contributed by atoms with Crippen molar-refractivity contribution in [1.82, 2.24) is 0 Å². The van der Waals surface area contributed by atoms with Crippen molar-refractivity contribution in [3.63, 3.8) is 0 Å². The Morgan fingerprint density at radius 2 is 2.27 bits per heavy atom. The van der Waals surface area contributed by atoms with Crippen LogP contribution in [0.15, 0.2) is 12.2 Å². The fourth-order valence-electron chi connectivity index (χ4n) is 1.51. The highest BCUT2D eigenvalue weighted by atomic mass is 16.7. The summed E-state index contributed by atoms with van der Waals surface area (Å²) in [5, 5.41) is 9.46. The molecule has 1 N–H and O–H groups in total. The number of allylic oxidation sites excluding steroid dienone is 1. The number of aliphatic hydroxyl groups excluding tert-OH is 1. The van der Waals surface area contributed by atoms with Crippen LogP contribution < -0.4 is 0 Å². The maximum absolute atomic E-state index is 11.1. The molecule has 0 aromatic rings. The lowest BCUT2D eigenvalue weighted by atomic mass is 10.0. The molecule has 4 heteroatoms. The van der Waals surface area contributed by atoms with E-state index in [9.17, 15) is 9.90 Å². The molecule has 0 heterocycles. The zero-order valence-corrected chi connectivity index (χ0v) is 9.02. The third kappa shape index (κ3) is 4.83. The predicted octanol–water partition coefficient (Wildman–Crippen LogP) is 2.02. The minimum absolute atomic E-state index is 0.265. The van der Waals surface area contributed by atoms with Crippen molar-refractivity contribution < 1.29 is 19.4 Å². The van der Waals surface area contributed by atoms with Gasteiger partial charge in [-0.1, -0.05) is 6.08 Å². The number of aliphatic hydroxyl groups is 1. The van der Waals surface area contributed by atoms with Crippen molar-refractivity contribution in [2.75, 3.05) is 6.61 Å². The standard InChI is InChI=1S/C11H18O4/c1-2-14-11(13)15-10-6-4-3-5-9(12)7-8-10/h4,6,9-10,12H,2-3,5,7-8H2,1H3/b6-4+. The Labute approximate surface area is 89.9 Å². The molecule has 0 aromatic heterocycles. The topological polar surface area (TPSA) is 55.8 Å². The van der Waals surface area contributed by atoms with Gasteiger partial charge in [0.15, 0.2) is 0 Å². The summed E-state index contributed by atoms with van der Waals surface area (Å²) in [6.07, 6.45) is 5.52. The second-order valence-corrected chi connectivity index (χ2v) is 3.58. The minimum atomic E-state index is -0.637. The third-order valence-electron chi connectivity index (χ3n) is 2.31. The zero-order valence-electron chi connectivity index (χ0n) is 9.02. The monoisotopic (exact) mass is 214 g/mol. The first-order chi connectivity index (χ1) is 7.22. The molecule has 15 heavy (non-hydrogen) atoms. The van der Waals surface area contributed by atoms with E-state index in [0.717, 1.165) is 12.8 Å². The van der Waals surface area contributed by atoms with Gasteiger partial charge in [-0.15, -0.1) is 0 Å². The molecule has 0 radical (unpaired) electrons. The van der Waals surface area contributed by atoms with E-state index < -0.39 is 6.16 Å². The third-order valence-corrected chi connectivity index (χ3v) is 2.31. The van der Waals surface area contributed by atoms with Gasteiger partial charge in [0.1, 0.15) is 6.10 Å². The van der Waals surface area contributed by atoms with E-state index in [4.69, 9.17) is 4.74 Å². The first-order valence-corrected chi connectivity index (χ1v) is 5.40. The molecule has 1 aliphatic carbocycles. The number of rotatable bonds is 2. The van der Waals surface area contributed by atoms with E-state index in [2.05, 4.69) is 4.74 Å². The van der Waals surface area contributed by atoms with Gasteiger partial charge >= 0.3 is 6.16 Å². The molecule has 0 saturated heterocycles. The van der Waals surface area contributed by atoms with Crippen LogP contribution in [-0.2, 0) is 9.47 Å². The lowest BCUT2D eigenvalue weighted by Gasteiger charge is -2.18. The molecule has 2 unspecified atom stereocenters. The van der Waals surface area contributed by atoms with Crippen molar-refractivity contribution in [3.05, 3.63) is 12.2 Å². The second kappa shape index (κ2) is 6.45. The van der Waals surface area contributed by atoms with Gasteiger partial charge in [-0.05, 0) is 38.7 Å². The Kier molecular flexibility index (Phi) is 5.18. The lowest BCUT2D eigenvalue weighted by molar-refractivity contribution is 0.0315. The van der Waals surface area contributed by atoms with Gasteiger partial charge in [0.05, 0.1) is 12.7 Å². The van der Waals surface area contributed by atoms with Crippen molar-refractivity contribution >= 4 is 6.16 Å². The molecule has 0 amide bonds. The summed E-state index contributed by atoms with van der Waals surface area (Å²) >= 11 is 0. The molecule has 1 aliphatic rings. The minimum Gasteiger partial charge on any atom is -0.435 e. The van der Waals surface area contributed by atoms with Crippen LogP contribution in [0.25, 0.3) is 0 Å². The Balaban J connectivity index is 2.38. The summed E-state index contributed by atoms with van der Waals surface area (Å²) in [4.78, 5) is 11.1. The van der Waals surface area contributed by atoms with E-state index in [1.54, 1.807) is 6.92 Å². The number of carbonyl (C=O) groups is 1. The van der Waals surface area contributed by atoms with Gasteiger partial charge in [0.25, 0.3) is 0 Å². The molecule has 0 aromatic carbocycles. The Bertz CT molecular complexity index is 225. The van der Waals surface area contributed by atoms with Crippen LogP contribution in [0.5, 0.6) is 0 Å². The summed E-state index contributed by atoms with van der Waals surface area (Å²) in [5.41, 5.74) is 0. The number of hydrogen-bond acceptors (Lipinski definition) is 4. The zero-order chi connectivity index (χ0) is 11.1. The van der Waals surface area contributed by atoms with Gasteiger partial charge in [0, 0.05) is 0 Å². The van der Waals surface area contributed by atoms with Crippen molar-refractivity contribution in [3.8, 4) is 0 Å². The van der Waals surface area contributed by atoms with Gasteiger partial charge in [-0.2, -0.15) is 0 Å².